The predicted octanol–water partition coefficient (Wildman–Crippen LogP) is 2.11. The van der Waals surface area contributed by atoms with Crippen LogP contribution >= 0.6 is 0 Å². The minimum absolute atomic E-state index is 0.00294. The number of carbonyl (C=O) groups excluding carboxylic acids is 1. The molecule has 7 heteroatoms. The highest BCUT2D eigenvalue weighted by atomic mass is 16.3. The lowest BCUT2D eigenvalue weighted by Gasteiger charge is -2.20. The molecule has 1 aliphatic heterocycles. The molecule has 0 aliphatic carbocycles. The Hall–Kier alpha value is -2.93. The highest BCUT2D eigenvalue weighted by molar-refractivity contribution is 6.06. The summed E-state index contributed by atoms with van der Waals surface area (Å²) in [5.41, 5.74) is 2.70. The summed E-state index contributed by atoms with van der Waals surface area (Å²) in [6.45, 7) is 1.47. The van der Waals surface area contributed by atoms with Gasteiger partial charge in [-0.15, -0.1) is 0 Å². The number of phenolic OH excluding ortho intramolecular Hbond substituents is 1. The van der Waals surface area contributed by atoms with E-state index in [0.717, 1.165) is 30.5 Å². The summed E-state index contributed by atoms with van der Waals surface area (Å²) < 4.78 is 0. The van der Waals surface area contributed by atoms with Crippen LogP contribution in [0.4, 0.5) is 0 Å². The molecule has 1 amide bonds. The van der Waals surface area contributed by atoms with Gasteiger partial charge in [0, 0.05) is 24.7 Å². The molecule has 134 valence electrons. The second-order valence-corrected chi connectivity index (χ2v) is 6.89. The summed E-state index contributed by atoms with van der Waals surface area (Å²) in [5.74, 6) is 0.197. The molecule has 0 unspecified atom stereocenters. The van der Waals surface area contributed by atoms with Crippen LogP contribution in [0.3, 0.4) is 0 Å². The molecule has 0 spiro atoms. The van der Waals surface area contributed by atoms with Gasteiger partial charge in [-0.2, -0.15) is 5.10 Å². The Morgan fingerprint density at radius 1 is 1.31 bits per heavy atom. The first-order valence-electron chi connectivity index (χ1n) is 8.62. The smallest absolute Gasteiger partial charge is 0.254 e. The number of pyridine rings is 1. The molecule has 4 rings (SSSR count). The molecule has 0 saturated carbocycles. The average molecular weight is 351 g/mol. The zero-order chi connectivity index (χ0) is 18.3. The topological polar surface area (TPSA) is 85.4 Å². The lowest BCUT2D eigenvalue weighted by molar-refractivity contribution is 0.0785. The summed E-state index contributed by atoms with van der Waals surface area (Å²) in [6.07, 6.45) is 2.62. The fourth-order valence-electron chi connectivity index (χ4n) is 3.40. The Kier molecular flexibility index (Phi) is 4.08. The molecule has 2 aromatic heterocycles. The van der Waals surface area contributed by atoms with Gasteiger partial charge in [-0.05, 0) is 50.8 Å². The summed E-state index contributed by atoms with van der Waals surface area (Å²) in [6, 6.07) is 8.99. The molecule has 3 aromatic rings. The molecule has 1 atom stereocenters. The molecular weight excluding hydrogens is 330 g/mol. The molecular formula is C19H21N5O2. The van der Waals surface area contributed by atoms with Gasteiger partial charge in [0.15, 0.2) is 5.65 Å². The number of nitrogens with zero attached hydrogens (tertiary/aromatic N) is 4. The van der Waals surface area contributed by atoms with Crippen molar-refractivity contribution in [1.82, 2.24) is 25.0 Å². The number of carbonyl (C=O) groups is 1. The second kappa shape index (κ2) is 6.42. The standard InChI is InChI=1S/C19H21N5O2/c1-23(2)13-7-8-24(11-13)19(26)15-9-17(12-3-5-14(25)6-4-12)21-18-16(15)10-20-22-18/h3-6,9-10,13,25H,7-8,11H2,1-2H3,(H,20,21,22)/t13-/m0/s1. The Labute approximate surface area is 151 Å². The van der Waals surface area contributed by atoms with Crippen LogP contribution in [-0.2, 0) is 0 Å². The Balaban J connectivity index is 1.73. The predicted molar refractivity (Wildman–Crippen MR) is 99.0 cm³/mol. The van der Waals surface area contributed by atoms with Crippen molar-refractivity contribution in [3.05, 3.63) is 42.1 Å². The maximum absolute atomic E-state index is 13.2. The summed E-state index contributed by atoms with van der Waals surface area (Å²) in [5, 5.41) is 17.1. The van der Waals surface area contributed by atoms with Crippen LogP contribution in [0.5, 0.6) is 5.75 Å². The SMILES string of the molecule is CN(C)[C@H]1CCN(C(=O)c2cc(-c3ccc(O)cc3)nc3[nH]ncc23)C1. The maximum atomic E-state index is 13.2. The summed E-state index contributed by atoms with van der Waals surface area (Å²) in [4.78, 5) is 21.8. The number of rotatable bonds is 3. The minimum Gasteiger partial charge on any atom is -0.508 e. The van der Waals surface area contributed by atoms with E-state index in [1.165, 1.54) is 0 Å². The maximum Gasteiger partial charge on any atom is 0.254 e. The molecule has 1 saturated heterocycles. The zero-order valence-electron chi connectivity index (χ0n) is 14.8. The third kappa shape index (κ3) is 2.90. The number of aromatic nitrogens is 3. The van der Waals surface area contributed by atoms with Crippen molar-refractivity contribution < 1.29 is 9.90 Å². The second-order valence-electron chi connectivity index (χ2n) is 6.89. The van der Waals surface area contributed by atoms with Crippen LogP contribution in [0.1, 0.15) is 16.8 Å². The number of likely N-dealkylation sites (N-methyl/N-ethyl adjacent to an activating group) is 1. The van der Waals surface area contributed by atoms with Crippen molar-refractivity contribution in [2.45, 2.75) is 12.5 Å². The average Bonchev–Trinajstić information content (AvgIpc) is 3.30. The van der Waals surface area contributed by atoms with Crippen molar-refractivity contribution in [1.29, 1.82) is 0 Å². The van der Waals surface area contributed by atoms with Crippen LogP contribution in [-0.4, -0.2) is 69.2 Å². The van der Waals surface area contributed by atoms with Gasteiger partial charge in [0.1, 0.15) is 5.75 Å². The molecule has 3 heterocycles. The van der Waals surface area contributed by atoms with E-state index in [1.54, 1.807) is 30.5 Å². The third-order valence-electron chi connectivity index (χ3n) is 5.00. The van der Waals surface area contributed by atoms with Gasteiger partial charge in [-0.3, -0.25) is 9.89 Å². The highest BCUT2D eigenvalue weighted by Gasteiger charge is 2.29. The number of benzene rings is 1. The van der Waals surface area contributed by atoms with Crippen LogP contribution in [0.15, 0.2) is 36.5 Å². The van der Waals surface area contributed by atoms with E-state index >= 15 is 0 Å². The molecule has 0 bridgehead atoms. The van der Waals surface area contributed by atoms with E-state index in [9.17, 15) is 9.90 Å². The molecule has 1 aromatic carbocycles. The van der Waals surface area contributed by atoms with Crippen molar-refractivity contribution >= 4 is 16.9 Å². The van der Waals surface area contributed by atoms with E-state index in [1.807, 2.05) is 25.1 Å². The largest absolute Gasteiger partial charge is 0.508 e. The Morgan fingerprint density at radius 3 is 2.77 bits per heavy atom. The van der Waals surface area contributed by atoms with E-state index in [0.29, 0.717) is 22.9 Å². The van der Waals surface area contributed by atoms with Gasteiger partial charge >= 0.3 is 0 Å². The lowest BCUT2D eigenvalue weighted by Crippen LogP contribution is -2.34. The summed E-state index contributed by atoms with van der Waals surface area (Å²) >= 11 is 0. The number of phenols is 1. The van der Waals surface area contributed by atoms with Crippen molar-refractivity contribution in [2.75, 3.05) is 27.2 Å². The first-order chi connectivity index (χ1) is 12.5. The number of amides is 1. The van der Waals surface area contributed by atoms with E-state index in [4.69, 9.17) is 0 Å². The number of fused-ring (bicyclic) bond motifs is 1. The molecule has 1 aliphatic rings. The van der Waals surface area contributed by atoms with Gasteiger partial charge in [0.25, 0.3) is 5.91 Å². The van der Waals surface area contributed by atoms with Crippen molar-refractivity contribution in [2.24, 2.45) is 0 Å². The Morgan fingerprint density at radius 2 is 2.08 bits per heavy atom. The Bertz CT molecular complexity index is 948. The number of H-pyrrole nitrogens is 1. The molecule has 0 radical (unpaired) electrons. The van der Waals surface area contributed by atoms with Crippen molar-refractivity contribution in [3.8, 4) is 17.0 Å². The lowest BCUT2D eigenvalue weighted by atomic mass is 10.1. The van der Waals surface area contributed by atoms with E-state index in [-0.39, 0.29) is 11.7 Å². The third-order valence-corrected chi connectivity index (χ3v) is 5.00. The van der Waals surface area contributed by atoms with Crippen molar-refractivity contribution in [3.63, 3.8) is 0 Å². The molecule has 7 nitrogen and oxygen atoms in total. The quantitative estimate of drug-likeness (QED) is 0.755. The highest BCUT2D eigenvalue weighted by Crippen LogP contribution is 2.27. The fraction of sp³-hybridized carbons (Fsp3) is 0.316. The van der Waals surface area contributed by atoms with Gasteiger partial charge in [0.05, 0.1) is 22.8 Å². The number of aromatic amines is 1. The van der Waals surface area contributed by atoms with Gasteiger partial charge in [0.2, 0.25) is 0 Å². The molecule has 1 fully saturated rings. The first kappa shape index (κ1) is 16.5. The van der Waals surface area contributed by atoms with Gasteiger partial charge in [-0.25, -0.2) is 4.98 Å². The van der Waals surface area contributed by atoms with E-state index < -0.39 is 0 Å². The first-order valence-corrected chi connectivity index (χ1v) is 8.62. The zero-order valence-corrected chi connectivity index (χ0v) is 14.8. The minimum atomic E-state index is 0.00294. The van der Waals surface area contributed by atoms with Gasteiger partial charge in [-0.1, -0.05) is 0 Å². The molecule has 2 N–H and O–H groups in total. The van der Waals surface area contributed by atoms with Gasteiger partial charge < -0.3 is 14.9 Å². The fourth-order valence-corrected chi connectivity index (χ4v) is 3.40. The monoisotopic (exact) mass is 351 g/mol. The number of hydrogen-bond acceptors (Lipinski definition) is 5. The van der Waals surface area contributed by atoms with Crippen LogP contribution in [0.2, 0.25) is 0 Å². The number of aromatic hydroxyl groups is 1. The number of nitrogens with one attached hydrogen (secondary N) is 1. The normalized spacial score (nSPS) is 17.3. The summed E-state index contributed by atoms with van der Waals surface area (Å²) in [7, 11) is 4.09. The van der Waals surface area contributed by atoms with Crippen LogP contribution < -0.4 is 0 Å². The van der Waals surface area contributed by atoms with Crippen LogP contribution in [0.25, 0.3) is 22.3 Å². The van der Waals surface area contributed by atoms with E-state index in [2.05, 4.69) is 20.1 Å². The number of hydrogen-bond donors (Lipinski definition) is 2. The van der Waals surface area contributed by atoms with Crippen LogP contribution in [0, 0.1) is 0 Å². The number of likely N-dealkylation sites (tertiary alicyclic amines) is 1. The molecule has 26 heavy (non-hydrogen) atoms.